The third kappa shape index (κ3) is 3.56. The third-order valence-electron chi connectivity index (χ3n) is 7.01. The van der Waals surface area contributed by atoms with Crippen molar-refractivity contribution in [2.75, 3.05) is 0 Å². The molecule has 1 saturated carbocycles. The van der Waals surface area contributed by atoms with Crippen molar-refractivity contribution in [3.63, 3.8) is 0 Å². The van der Waals surface area contributed by atoms with Crippen LogP contribution in [-0.2, 0) is 0 Å². The summed E-state index contributed by atoms with van der Waals surface area (Å²) in [7, 11) is 0. The second-order valence-electron chi connectivity index (χ2n) is 8.98. The van der Waals surface area contributed by atoms with E-state index in [9.17, 15) is 5.11 Å². The molecule has 32 heavy (non-hydrogen) atoms. The molecule has 0 spiro atoms. The smallest absolute Gasteiger partial charge is 0.170 e. The van der Waals surface area contributed by atoms with Crippen molar-refractivity contribution >= 4 is 17.3 Å². The molecule has 3 aromatic rings. The molecule has 0 unspecified atom stereocenters. The molecule has 5 nitrogen and oxygen atoms in total. The van der Waals surface area contributed by atoms with Crippen LogP contribution in [0, 0.1) is 13.8 Å². The summed E-state index contributed by atoms with van der Waals surface area (Å²) in [5.41, 5.74) is 5.27. The Morgan fingerprint density at radius 3 is 2.50 bits per heavy atom. The first kappa shape index (κ1) is 21.0. The summed E-state index contributed by atoms with van der Waals surface area (Å²) in [6, 6.07) is 16.4. The zero-order chi connectivity index (χ0) is 22.2. The number of pyridine rings is 1. The number of hydrogen-bond acceptors (Lipinski definition) is 3. The Balaban J connectivity index is 1.64. The molecule has 0 bridgehead atoms. The molecule has 2 fully saturated rings. The van der Waals surface area contributed by atoms with Gasteiger partial charge in [0.15, 0.2) is 5.11 Å². The summed E-state index contributed by atoms with van der Waals surface area (Å²) in [5.74, 6) is 0.284. The van der Waals surface area contributed by atoms with E-state index >= 15 is 0 Å². The van der Waals surface area contributed by atoms with Crippen LogP contribution in [0.5, 0.6) is 5.75 Å². The number of hydrogen-bond donors (Lipinski definition) is 2. The van der Waals surface area contributed by atoms with Crippen molar-refractivity contribution in [3.8, 4) is 11.4 Å². The number of aryl methyl sites for hydroxylation is 1. The molecule has 5 rings (SSSR count). The first-order chi connectivity index (χ1) is 15.6. The van der Waals surface area contributed by atoms with E-state index in [1.54, 1.807) is 6.07 Å². The van der Waals surface area contributed by atoms with Crippen LogP contribution in [0.3, 0.4) is 0 Å². The van der Waals surface area contributed by atoms with Gasteiger partial charge in [0.1, 0.15) is 5.75 Å². The van der Waals surface area contributed by atoms with E-state index in [0.717, 1.165) is 27.9 Å². The average molecular weight is 447 g/mol. The molecule has 2 N–H and O–H groups in total. The first-order valence-corrected chi connectivity index (χ1v) is 11.9. The topological polar surface area (TPSA) is 53.3 Å². The average Bonchev–Trinajstić information content (AvgIpc) is 3.31. The third-order valence-corrected chi connectivity index (χ3v) is 7.34. The van der Waals surface area contributed by atoms with Gasteiger partial charge in [0.2, 0.25) is 0 Å². The molecule has 0 amide bonds. The number of phenols is 1. The van der Waals surface area contributed by atoms with Crippen molar-refractivity contribution in [2.24, 2.45) is 0 Å². The number of rotatable bonds is 4. The maximum absolute atomic E-state index is 10.5. The van der Waals surface area contributed by atoms with Crippen molar-refractivity contribution in [2.45, 2.75) is 64.1 Å². The monoisotopic (exact) mass is 446 g/mol. The highest BCUT2D eigenvalue weighted by molar-refractivity contribution is 7.80. The van der Waals surface area contributed by atoms with Gasteiger partial charge in [0, 0.05) is 23.6 Å². The quantitative estimate of drug-likeness (QED) is 0.518. The highest BCUT2D eigenvalue weighted by atomic mass is 32.1. The molecule has 1 aromatic carbocycles. The van der Waals surface area contributed by atoms with Crippen LogP contribution in [0.1, 0.15) is 66.8 Å². The number of phenolic OH excluding ortho intramolecular Hbond substituents is 1. The highest BCUT2D eigenvalue weighted by Crippen LogP contribution is 2.44. The molecule has 0 radical (unpaired) electrons. The van der Waals surface area contributed by atoms with Crippen LogP contribution in [0.15, 0.2) is 54.7 Å². The largest absolute Gasteiger partial charge is 0.506 e. The van der Waals surface area contributed by atoms with Crippen molar-refractivity contribution in [3.05, 3.63) is 77.4 Å². The fourth-order valence-corrected chi connectivity index (χ4v) is 5.95. The minimum Gasteiger partial charge on any atom is -0.506 e. The highest BCUT2D eigenvalue weighted by Gasteiger charge is 2.44. The lowest BCUT2D eigenvalue weighted by molar-refractivity contribution is 0.197. The van der Waals surface area contributed by atoms with Gasteiger partial charge in [-0.15, -0.1) is 0 Å². The lowest BCUT2D eigenvalue weighted by Gasteiger charge is -2.37. The fourth-order valence-electron chi connectivity index (χ4n) is 5.56. The summed E-state index contributed by atoms with van der Waals surface area (Å²) in [4.78, 5) is 7.14. The predicted molar refractivity (Wildman–Crippen MR) is 131 cm³/mol. The number of thiocarbonyl (C=S) groups is 1. The summed E-state index contributed by atoms with van der Waals surface area (Å²) in [6.45, 7) is 4.25. The molecule has 2 atom stereocenters. The predicted octanol–water partition coefficient (Wildman–Crippen LogP) is 5.50. The van der Waals surface area contributed by atoms with Crippen LogP contribution >= 0.6 is 12.2 Å². The Morgan fingerprint density at radius 2 is 1.78 bits per heavy atom. The van der Waals surface area contributed by atoms with E-state index in [4.69, 9.17) is 12.2 Å². The van der Waals surface area contributed by atoms with Crippen molar-refractivity contribution < 1.29 is 5.11 Å². The Labute approximate surface area is 195 Å². The van der Waals surface area contributed by atoms with Gasteiger partial charge in [0.05, 0.1) is 23.5 Å². The normalized spacial score (nSPS) is 21.7. The SMILES string of the molecule is Cc1cc([C@H]2[C@@H](c3ccccn3)NC(=S)N2C2CCCCC2)c(C)n1-c1ccccc1O. The number of aromatic nitrogens is 2. The maximum Gasteiger partial charge on any atom is 0.170 e. The zero-order valence-electron chi connectivity index (χ0n) is 18.7. The van der Waals surface area contributed by atoms with Crippen molar-refractivity contribution in [1.29, 1.82) is 0 Å². The number of para-hydroxylation sites is 2. The first-order valence-electron chi connectivity index (χ1n) is 11.5. The van der Waals surface area contributed by atoms with Gasteiger partial charge in [-0.1, -0.05) is 37.5 Å². The molecule has 3 heterocycles. The number of nitrogens with zero attached hydrogens (tertiary/aromatic N) is 3. The van der Waals surface area contributed by atoms with Crippen LogP contribution in [0.2, 0.25) is 0 Å². The molecule has 1 saturated heterocycles. The van der Waals surface area contributed by atoms with Gasteiger partial charge < -0.3 is 19.9 Å². The van der Waals surface area contributed by atoms with Crippen molar-refractivity contribution in [1.82, 2.24) is 19.8 Å². The fraction of sp³-hybridized carbons (Fsp3) is 0.385. The number of nitrogens with one attached hydrogen (secondary N) is 1. The van der Waals surface area contributed by atoms with E-state index in [0.29, 0.717) is 6.04 Å². The van der Waals surface area contributed by atoms with Gasteiger partial charge >= 0.3 is 0 Å². The van der Waals surface area contributed by atoms with Crippen LogP contribution < -0.4 is 5.32 Å². The summed E-state index contributed by atoms with van der Waals surface area (Å²) in [6.07, 6.45) is 8.01. The molecule has 2 aromatic heterocycles. The number of benzene rings is 1. The second kappa shape index (κ2) is 8.58. The molecule has 6 heteroatoms. The van der Waals surface area contributed by atoms with Gasteiger partial charge in [-0.25, -0.2) is 0 Å². The van der Waals surface area contributed by atoms with E-state index in [1.807, 2.05) is 36.5 Å². The van der Waals surface area contributed by atoms with Crippen LogP contribution in [-0.4, -0.2) is 30.7 Å². The van der Waals surface area contributed by atoms with Crippen LogP contribution in [0.4, 0.5) is 0 Å². The number of aromatic hydroxyl groups is 1. The van der Waals surface area contributed by atoms with E-state index in [1.165, 1.54) is 37.7 Å². The standard InChI is InChI=1S/C26H30N4OS/c1-17-16-20(18(2)29(17)22-13-6-7-14-23(22)31)25-24(21-12-8-9-15-27-21)28-26(32)30(25)19-10-4-3-5-11-19/h6-9,12-16,19,24-25,31H,3-5,10-11H2,1-2H3,(H,28,32)/t24-,25+/m1/s1. The minimum absolute atomic E-state index is 0.0102. The lowest BCUT2D eigenvalue weighted by atomic mass is 9.90. The van der Waals surface area contributed by atoms with E-state index in [-0.39, 0.29) is 17.8 Å². The second-order valence-corrected chi connectivity index (χ2v) is 9.36. The summed E-state index contributed by atoms with van der Waals surface area (Å²) in [5, 5.41) is 15.0. The van der Waals surface area contributed by atoms with Crippen LogP contribution in [0.25, 0.3) is 5.69 Å². The van der Waals surface area contributed by atoms with Gasteiger partial charge in [0.25, 0.3) is 0 Å². The maximum atomic E-state index is 10.5. The Hall–Kier alpha value is -2.86. The molecule has 166 valence electrons. The van der Waals surface area contributed by atoms with E-state index < -0.39 is 0 Å². The van der Waals surface area contributed by atoms with Gasteiger partial charge in [-0.3, -0.25) is 4.98 Å². The van der Waals surface area contributed by atoms with Gasteiger partial charge in [-0.2, -0.15) is 0 Å². The summed E-state index contributed by atoms with van der Waals surface area (Å²) < 4.78 is 2.15. The molecular formula is C26H30N4OS. The molecule has 2 aliphatic rings. The zero-order valence-corrected chi connectivity index (χ0v) is 19.5. The minimum atomic E-state index is -0.0102. The lowest BCUT2D eigenvalue weighted by Crippen LogP contribution is -2.40. The Morgan fingerprint density at radius 1 is 1.03 bits per heavy atom. The summed E-state index contributed by atoms with van der Waals surface area (Å²) >= 11 is 5.91. The Bertz CT molecular complexity index is 1120. The van der Waals surface area contributed by atoms with E-state index in [2.05, 4.69) is 45.7 Å². The molecule has 1 aliphatic heterocycles. The van der Waals surface area contributed by atoms with Gasteiger partial charge in [-0.05, 0) is 74.8 Å². The Kier molecular flexibility index (Phi) is 5.64. The molecular weight excluding hydrogens is 416 g/mol. The molecule has 1 aliphatic carbocycles.